The predicted octanol–water partition coefficient (Wildman–Crippen LogP) is 5.92. The predicted molar refractivity (Wildman–Crippen MR) is 136 cm³/mol. The largest absolute Gasteiger partial charge is 0.422 e. The van der Waals surface area contributed by atoms with Gasteiger partial charge in [-0.05, 0) is 44.1 Å². The van der Waals surface area contributed by atoms with Gasteiger partial charge in [0, 0.05) is 31.9 Å². The zero-order chi connectivity index (χ0) is 30.1. The molecule has 1 N–H and O–H groups in total. The maximum Gasteiger partial charge on any atom is 0.422 e. The van der Waals surface area contributed by atoms with E-state index < -0.39 is 35.1 Å². The number of carbonyl (C=O) groups is 1. The number of alkyl halides is 6. The third-order valence-corrected chi connectivity index (χ3v) is 6.46. The molecule has 2 aromatic rings. The van der Waals surface area contributed by atoms with Crippen molar-refractivity contribution < 1.29 is 35.9 Å². The second kappa shape index (κ2) is 14.6. The lowest BCUT2D eigenvalue weighted by Gasteiger charge is -2.23. The number of nitrogens with one attached hydrogen (secondary N) is 1. The highest BCUT2D eigenvalue weighted by Crippen LogP contribution is 2.38. The number of carbonyl (C=O) groups excluding carboxylic acids is 1. The first-order chi connectivity index (χ1) is 18.7. The zero-order valence-corrected chi connectivity index (χ0v) is 23.0. The number of nitrogens with zero attached hydrogens (tertiary/aromatic N) is 4. The van der Waals surface area contributed by atoms with Gasteiger partial charge in [-0.3, -0.25) is 9.59 Å². The molecular formula is C26H35F6N5O3. The highest BCUT2D eigenvalue weighted by molar-refractivity contribution is 5.75. The second-order valence-electron chi connectivity index (χ2n) is 9.70. The van der Waals surface area contributed by atoms with Gasteiger partial charge in [0.2, 0.25) is 5.95 Å². The van der Waals surface area contributed by atoms with Crippen molar-refractivity contribution in [3.8, 4) is 0 Å². The van der Waals surface area contributed by atoms with E-state index in [0.717, 1.165) is 44.7 Å². The Balaban J connectivity index is 0.000000280. The SMILES string of the molecule is CC(=O)CCOC1CCc2c1n[nH]c(=O)c2C(F)(F)F.CCCN(CCC(C)CC)c1ncc(C(F)(F)F)cn1. The Labute approximate surface area is 228 Å². The normalized spacial score (nSPS) is 15.7. The van der Waals surface area contributed by atoms with Crippen molar-refractivity contribution in [3.63, 3.8) is 0 Å². The lowest BCUT2D eigenvalue weighted by molar-refractivity contribution is -0.139. The van der Waals surface area contributed by atoms with Crippen LogP contribution in [0.3, 0.4) is 0 Å². The van der Waals surface area contributed by atoms with Crippen molar-refractivity contribution in [2.24, 2.45) is 5.92 Å². The van der Waals surface area contributed by atoms with Crippen molar-refractivity contribution in [3.05, 3.63) is 45.1 Å². The third kappa shape index (κ3) is 9.56. The quantitative estimate of drug-likeness (QED) is 0.330. The lowest BCUT2D eigenvalue weighted by Crippen LogP contribution is -2.28. The number of hydrogen-bond acceptors (Lipinski definition) is 7. The summed E-state index contributed by atoms with van der Waals surface area (Å²) in [5.41, 5.74) is -3.23. The first-order valence-corrected chi connectivity index (χ1v) is 13.1. The number of aromatic nitrogens is 4. The number of H-pyrrole nitrogens is 1. The van der Waals surface area contributed by atoms with Crippen LogP contribution in [0.25, 0.3) is 0 Å². The highest BCUT2D eigenvalue weighted by atomic mass is 19.4. The number of Topliss-reactive ketones (excluding diaryl/α,β-unsaturated/α-hetero) is 1. The fourth-order valence-corrected chi connectivity index (χ4v) is 4.03. The Hall–Kier alpha value is -3.03. The van der Waals surface area contributed by atoms with Gasteiger partial charge in [0.15, 0.2) is 0 Å². The molecule has 2 atom stereocenters. The third-order valence-electron chi connectivity index (χ3n) is 6.46. The van der Waals surface area contributed by atoms with E-state index in [4.69, 9.17) is 4.74 Å². The van der Waals surface area contributed by atoms with Gasteiger partial charge < -0.3 is 9.64 Å². The lowest BCUT2D eigenvalue weighted by atomic mass is 10.1. The highest BCUT2D eigenvalue weighted by Gasteiger charge is 2.41. The van der Waals surface area contributed by atoms with Gasteiger partial charge in [0.05, 0.1) is 17.9 Å². The first-order valence-electron chi connectivity index (χ1n) is 13.1. The van der Waals surface area contributed by atoms with Gasteiger partial charge >= 0.3 is 12.4 Å². The van der Waals surface area contributed by atoms with E-state index in [9.17, 15) is 35.9 Å². The summed E-state index contributed by atoms with van der Waals surface area (Å²) in [4.78, 5) is 31.8. The molecule has 0 radical (unpaired) electrons. The van der Waals surface area contributed by atoms with E-state index in [1.54, 1.807) is 0 Å². The van der Waals surface area contributed by atoms with Crippen molar-refractivity contribution in [1.29, 1.82) is 0 Å². The van der Waals surface area contributed by atoms with Gasteiger partial charge in [-0.25, -0.2) is 15.1 Å². The smallest absolute Gasteiger partial charge is 0.371 e. The molecular weight excluding hydrogens is 544 g/mol. The number of anilines is 1. The fraction of sp³-hybridized carbons (Fsp3) is 0.654. The molecule has 3 rings (SSSR count). The Morgan fingerprint density at radius 1 is 1.12 bits per heavy atom. The van der Waals surface area contributed by atoms with Gasteiger partial charge in [-0.1, -0.05) is 27.2 Å². The van der Waals surface area contributed by atoms with Crippen LogP contribution >= 0.6 is 0 Å². The average Bonchev–Trinajstić information content (AvgIpc) is 3.27. The van der Waals surface area contributed by atoms with E-state index in [0.29, 0.717) is 18.3 Å². The van der Waals surface area contributed by atoms with Crippen LogP contribution in [0.4, 0.5) is 32.3 Å². The van der Waals surface area contributed by atoms with Crippen molar-refractivity contribution >= 4 is 11.7 Å². The number of hydrogen-bond donors (Lipinski definition) is 1. The average molecular weight is 580 g/mol. The van der Waals surface area contributed by atoms with E-state index in [1.807, 2.05) is 16.9 Å². The Bertz CT molecular complexity index is 1150. The molecule has 1 aliphatic rings. The standard InChI is InChI=1S/C14H22F3N3.C12H13F3N2O3/c1-4-7-20(8-6-11(3)5-2)13-18-9-12(10-19-13)14(15,16)17;1-6(18)4-5-20-8-3-2-7-9(12(13,14)15)11(19)17-16-10(7)8/h9-11H,4-8H2,1-3H3;8H,2-5H2,1H3,(H,17,19). The van der Waals surface area contributed by atoms with Crippen LogP contribution in [0.5, 0.6) is 0 Å². The Morgan fingerprint density at radius 2 is 1.77 bits per heavy atom. The molecule has 8 nitrogen and oxygen atoms in total. The van der Waals surface area contributed by atoms with Crippen LogP contribution in [0, 0.1) is 5.92 Å². The number of rotatable bonds is 11. The zero-order valence-electron chi connectivity index (χ0n) is 23.0. The Kier molecular flexibility index (Phi) is 12.1. The summed E-state index contributed by atoms with van der Waals surface area (Å²) in [7, 11) is 0. The molecule has 14 heteroatoms. The minimum atomic E-state index is -4.71. The summed E-state index contributed by atoms with van der Waals surface area (Å²) in [6, 6.07) is 0. The number of halogens is 6. The van der Waals surface area contributed by atoms with E-state index in [-0.39, 0.29) is 36.5 Å². The molecule has 1 aliphatic carbocycles. The van der Waals surface area contributed by atoms with E-state index in [2.05, 4.69) is 28.9 Å². The van der Waals surface area contributed by atoms with Crippen molar-refractivity contribution in [2.45, 2.75) is 84.7 Å². The molecule has 0 amide bonds. The fourth-order valence-electron chi connectivity index (χ4n) is 4.03. The summed E-state index contributed by atoms with van der Waals surface area (Å²) < 4.78 is 81.4. The van der Waals surface area contributed by atoms with E-state index in [1.165, 1.54) is 6.92 Å². The molecule has 2 heterocycles. The van der Waals surface area contributed by atoms with Crippen LogP contribution in [0.2, 0.25) is 0 Å². The second-order valence-corrected chi connectivity index (χ2v) is 9.70. The summed E-state index contributed by atoms with van der Waals surface area (Å²) in [6.45, 7) is 9.38. The molecule has 0 spiro atoms. The number of aromatic amines is 1. The summed E-state index contributed by atoms with van der Waals surface area (Å²) >= 11 is 0. The first kappa shape index (κ1) is 33.2. The maximum absolute atomic E-state index is 12.9. The Morgan fingerprint density at radius 3 is 2.30 bits per heavy atom. The number of ether oxygens (including phenoxy) is 1. The summed E-state index contributed by atoms with van der Waals surface area (Å²) in [6.07, 6.45) is -4.41. The van der Waals surface area contributed by atoms with Crippen LogP contribution in [-0.4, -0.2) is 45.6 Å². The van der Waals surface area contributed by atoms with Crippen LogP contribution in [-0.2, 0) is 28.3 Å². The van der Waals surface area contributed by atoms with Gasteiger partial charge in [0.25, 0.3) is 5.56 Å². The maximum atomic E-state index is 12.9. The minimum Gasteiger partial charge on any atom is -0.371 e. The summed E-state index contributed by atoms with van der Waals surface area (Å²) in [5, 5.41) is 5.53. The molecule has 224 valence electrons. The van der Waals surface area contributed by atoms with Gasteiger partial charge in [-0.15, -0.1) is 0 Å². The summed E-state index contributed by atoms with van der Waals surface area (Å²) in [5.74, 6) is 0.903. The minimum absolute atomic E-state index is 0.0615. The number of ketones is 1. The van der Waals surface area contributed by atoms with E-state index >= 15 is 0 Å². The van der Waals surface area contributed by atoms with Gasteiger partial charge in [-0.2, -0.15) is 31.4 Å². The molecule has 0 bridgehead atoms. The van der Waals surface area contributed by atoms with Crippen LogP contribution in [0.1, 0.15) is 88.3 Å². The van der Waals surface area contributed by atoms with Crippen LogP contribution < -0.4 is 10.5 Å². The molecule has 0 aliphatic heterocycles. The molecule has 0 saturated heterocycles. The molecule has 0 saturated carbocycles. The van der Waals surface area contributed by atoms with Crippen LogP contribution in [0.15, 0.2) is 17.2 Å². The monoisotopic (exact) mass is 579 g/mol. The number of fused-ring (bicyclic) bond motifs is 1. The molecule has 2 aromatic heterocycles. The molecule has 0 aromatic carbocycles. The molecule has 0 fully saturated rings. The molecule has 2 unspecified atom stereocenters. The molecule has 40 heavy (non-hydrogen) atoms. The van der Waals surface area contributed by atoms with Crippen molar-refractivity contribution in [2.75, 3.05) is 24.6 Å². The van der Waals surface area contributed by atoms with Crippen molar-refractivity contribution in [1.82, 2.24) is 20.2 Å². The topological polar surface area (TPSA) is 101 Å². The van der Waals surface area contributed by atoms with Gasteiger partial charge in [0.1, 0.15) is 17.5 Å².